The molecule has 0 unspecified atom stereocenters. The van der Waals surface area contributed by atoms with Crippen LogP contribution in [0.2, 0.25) is 0 Å². The monoisotopic (exact) mass is 218 g/mol. The van der Waals surface area contributed by atoms with Crippen LogP contribution in [0.15, 0.2) is 0 Å². The number of carboxylic acids is 1. The number of quaternary nitrogens is 1. The fourth-order valence-corrected chi connectivity index (χ4v) is 1.07. The Balaban J connectivity index is 3.45. The lowest BCUT2D eigenvalue weighted by Gasteiger charge is -2.07. The maximum absolute atomic E-state index is 11.1. The van der Waals surface area contributed by atoms with Crippen LogP contribution in [0.3, 0.4) is 0 Å². The molecule has 0 radical (unpaired) electrons. The molecule has 0 aliphatic carbocycles. The summed E-state index contributed by atoms with van der Waals surface area (Å²) in [6.07, 6.45) is 2.80. The molecule has 0 aliphatic heterocycles. The molecule has 7 N–H and O–H groups in total. The van der Waals surface area contributed by atoms with Crippen LogP contribution >= 0.6 is 0 Å². The van der Waals surface area contributed by atoms with Crippen molar-refractivity contribution in [1.82, 2.24) is 5.32 Å². The summed E-state index contributed by atoms with van der Waals surface area (Å²) in [4.78, 5) is 21.5. The lowest BCUT2D eigenvalue weighted by atomic mass is 10.2. The highest BCUT2D eigenvalue weighted by atomic mass is 16.4. The number of hydrogen-bond donors (Lipinski definition) is 4. The van der Waals surface area contributed by atoms with Crippen LogP contribution in [0.25, 0.3) is 0 Å². The van der Waals surface area contributed by atoms with Crippen molar-refractivity contribution >= 4 is 11.9 Å². The first-order valence-corrected chi connectivity index (χ1v) is 5.12. The number of nitrogens with two attached hydrogens (primary N) is 1. The van der Waals surface area contributed by atoms with Crippen molar-refractivity contribution < 1.29 is 20.4 Å². The van der Waals surface area contributed by atoms with Crippen LogP contribution < -0.4 is 16.8 Å². The predicted octanol–water partition coefficient (Wildman–Crippen LogP) is -1.68. The highest BCUT2D eigenvalue weighted by molar-refractivity contribution is 5.84. The van der Waals surface area contributed by atoms with E-state index in [-0.39, 0.29) is 12.3 Å². The molecule has 0 heterocycles. The Morgan fingerprint density at radius 1 is 1.33 bits per heavy atom. The Morgan fingerprint density at radius 3 is 2.53 bits per heavy atom. The zero-order chi connectivity index (χ0) is 11.7. The van der Waals surface area contributed by atoms with Gasteiger partial charge in [-0.05, 0) is 19.3 Å². The first-order chi connectivity index (χ1) is 7.07. The third-order valence-electron chi connectivity index (χ3n) is 1.97. The SMILES string of the molecule is N[C@@H](CC(=O)NCCCCC[NH3+])C(=O)O. The number of carboxylic acid groups (broad SMARTS) is 1. The third-order valence-corrected chi connectivity index (χ3v) is 1.97. The van der Waals surface area contributed by atoms with Gasteiger partial charge in [-0.2, -0.15) is 0 Å². The van der Waals surface area contributed by atoms with Gasteiger partial charge in [0.2, 0.25) is 5.91 Å². The molecule has 0 saturated heterocycles. The molecule has 6 nitrogen and oxygen atoms in total. The number of aliphatic carboxylic acids is 1. The summed E-state index contributed by atoms with van der Waals surface area (Å²) in [6, 6.07) is -1.11. The molecular weight excluding hydrogens is 198 g/mol. The summed E-state index contributed by atoms with van der Waals surface area (Å²) in [5.41, 5.74) is 8.91. The minimum atomic E-state index is -1.15. The topological polar surface area (TPSA) is 120 Å². The maximum Gasteiger partial charge on any atom is 0.321 e. The summed E-state index contributed by atoms with van der Waals surface area (Å²) in [5, 5.41) is 11.1. The Kier molecular flexibility index (Phi) is 7.57. The molecule has 0 aromatic rings. The average Bonchev–Trinajstić information content (AvgIpc) is 2.17. The number of hydrogen-bond acceptors (Lipinski definition) is 3. The van der Waals surface area contributed by atoms with E-state index < -0.39 is 12.0 Å². The van der Waals surface area contributed by atoms with Gasteiger partial charge in [0.15, 0.2) is 0 Å². The van der Waals surface area contributed by atoms with Crippen LogP contribution in [0.5, 0.6) is 0 Å². The normalized spacial score (nSPS) is 12.1. The first-order valence-electron chi connectivity index (χ1n) is 5.12. The van der Waals surface area contributed by atoms with Gasteiger partial charge in [0.1, 0.15) is 6.04 Å². The Morgan fingerprint density at radius 2 is 2.00 bits per heavy atom. The van der Waals surface area contributed by atoms with E-state index in [1.54, 1.807) is 0 Å². The van der Waals surface area contributed by atoms with Crippen LogP contribution in [0.4, 0.5) is 0 Å². The van der Waals surface area contributed by atoms with Gasteiger partial charge in [0, 0.05) is 6.54 Å². The maximum atomic E-state index is 11.1. The van der Waals surface area contributed by atoms with Crippen molar-refractivity contribution in [3.63, 3.8) is 0 Å². The summed E-state index contributed by atoms with van der Waals surface area (Å²) in [6.45, 7) is 1.48. The molecule has 1 atom stereocenters. The van der Waals surface area contributed by atoms with Gasteiger partial charge in [0.25, 0.3) is 0 Å². The number of nitrogens with one attached hydrogen (secondary N) is 1. The van der Waals surface area contributed by atoms with E-state index in [2.05, 4.69) is 11.1 Å². The van der Waals surface area contributed by atoms with Crippen LogP contribution in [-0.4, -0.2) is 36.1 Å². The van der Waals surface area contributed by atoms with Crippen molar-refractivity contribution in [3.8, 4) is 0 Å². The Labute approximate surface area is 89.0 Å². The number of unbranched alkanes of at least 4 members (excludes halogenated alkanes) is 2. The van der Waals surface area contributed by atoms with Gasteiger partial charge < -0.3 is 21.9 Å². The van der Waals surface area contributed by atoms with E-state index in [0.717, 1.165) is 25.8 Å². The second-order valence-electron chi connectivity index (χ2n) is 3.41. The molecule has 1 amide bonds. The van der Waals surface area contributed by atoms with Crippen LogP contribution in [0.1, 0.15) is 25.7 Å². The highest BCUT2D eigenvalue weighted by Crippen LogP contribution is 1.92. The fourth-order valence-electron chi connectivity index (χ4n) is 1.07. The van der Waals surface area contributed by atoms with Gasteiger partial charge in [-0.15, -0.1) is 0 Å². The predicted molar refractivity (Wildman–Crippen MR) is 54.8 cm³/mol. The van der Waals surface area contributed by atoms with Gasteiger partial charge >= 0.3 is 5.97 Å². The second kappa shape index (κ2) is 8.19. The summed E-state index contributed by atoms with van der Waals surface area (Å²) in [5.74, 6) is -1.46. The van der Waals surface area contributed by atoms with Crippen molar-refractivity contribution in [3.05, 3.63) is 0 Å². The molecule has 0 rings (SSSR count). The van der Waals surface area contributed by atoms with E-state index in [1.807, 2.05) is 0 Å². The number of carbonyl (C=O) groups excluding carboxylic acids is 1. The lowest BCUT2D eigenvalue weighted by Crippen LogP contribution is -2.50. The quantitative estimate of drug-likeness (QED) is 0.363. The molecule has 0 bridgehead atoms. The van der Waals surface area contributed by atoms with Gasteiger partial charge in [-0.25, -0.2) is 0 Å². The van der Waals surface area contributed by atoms with Crippen LogP contribution in [-0.2, 0) is 9.59 Å². The van der Waals surface area contributed by atoms with Crippen molar-refractivity contribution in [2.24, 2.45) is 5.73 Å². The van der Waals surface area contributed by atoms with Crippen molar-refractivity contribution in [1.29, 1.82) is 0 Å². The number of rotatable bonds is 8. The van der Waals surface area contributed by atoms with Gasteiger partial charge in [-0.3, -0.25) is 9.59 Å². The highest BCUT2D eigenvalue weighted by Gasteiger charge is 2.15. The van der Waals surface area contributed by atoms with E-state index in [9.17, 15) is 9.59 Å². The van der Waals surface area contributed by atoms with Gasteiger partial charge in [0.05, 0.1) is 13.0 Å². The van der Waals surface area contributed by atoms with Crippen molar-refractivity contribution in [2.75, 3.05) is 13.1 Å². The lowest BCUT2D eigenvalue weighted by molar-refractivity contribution is -0.368. The van der Waals surface area contributed by atoms with E-state index in [1.165, 1.54) is 0 Å². The number of carbonyl (C=O) groups is 2. The summed E-state index contributed by atoms with van der Waals surface area (Å²) >= 11 is 0. The van der Waals surface area contributed by atoms with Crippen molar-refractivity contribution in [2.45, 2.75) is 31.7 Å². The third kappa shape index (κ3) is 7.90. The molecule has 0 spiro atoms. The van der Waals surface area contributed by atoms with E-state index in [0.29, 0.717) is 6.54 Å². The summed E-state index contributed by atoms with van der Waals surface area (Å²) < 4.78 is 0. The number of amides is 1. The minimum Gasteiger partial charge on any atom is -0.480 e. The minimum absolute atomic E-state index is 0.162. The smallest absolute Gasteiger partial charge is 0.321 e. The summed E-state index contributed by atoms with van der Waals surface area (Å²) in [7, 11) is 0. The second-order valence-corrected chi connectivity index (χ2v) is 3.41. The standard InChI is InChI=1S/C9H19N3O3/c10-4-2-1-3-5-12-8(13)6-7(11)9(14)15/h7H,1-6,10-11H2,(H,12,13)(H,14,15)/p+1/t7-/m0/s1. The zero-order valence-electron chi connectivity index (χ0n) is 8.87. The molecule has 0 aromatic carbocycles. The molecule has 6 heteroatoms. The first kappa shape index (κ1) is 13.9. The van der Waals surface area contributed by atoms with Crippen LogP contribution in [0, 0.1) is 0 Å². The zero-order valence-corrected chi connectivity index (χ0v) is 8.87. The fraction of sp³-hybridized carbons (Fsp3) is 0.778. The molecule has 15 heavy (non-hydrogen) atoms. The molecular formula is C9H20N3O3+. The van der Waals surface area contributed by atoms with Gasteiger partial charge in [-0.1, -0.05) is 0 Å². The molecule has 0 aliphatic rings. The molecule has 0 saturated carbocycles. The molecule has 0 aromatic heterocycles. The van der Waals surface area contributed by atoms with E-state index >= 15 is 0 Å². The average molecular weight is 218 g/mol. The largest absolute Gasteiger partial charge is 0.480 e. The molecule has 88 valence electrons. The Hall–Kier alpha value is -1.14. The molecule has 0 fully saturated rings. The Bertz CT molecular complexity index is 209. The van der Waals surface area contributed by atoms with E-state index in [4.69, 9.17) is 10.8 Å².